The van der Waals surface area contributed by atoms with Gasteiger partial charge in [0.15, 0.2) is 5.82 Å². The molecule has 0 radical (unpaired) electrons. The number of nitrogens with zero attached hydrogens (tertiary/aromatic N) is 3. The molecule has 0 atom stereocenters. The summed E-state index contributed by atoms with van der Waals surface area (Å²) in [6.07, 6.45) is 0. The molecule has 0 saturated carbocycles. The summed E-state index contributed by atoms with van der Waals surface area (Å²) in [6, 6.07) is 16.2. The number of hydrogen-bond acceptors (Lipinski definition) is 5. The van der Waals surface area contributed by atoms with E-state index in [1.807, 2.05) is 31.2 Å². The fourth-order valence-corrected chi connectivity index (χ4v) is 3.37. The Labute approximate surface area is 172 Å². The molecular weight excluding hydrogens is 365 g/mol. The molecule has 2 heterocycles. The van der Waals surface area contributed by atoms with Crippen LogP contribution in [-0.4, -0.2) is 42.2 Å². The first kappa shape index (κ1) is 19.7. The van der Waals surface area contributed by atoms with Gasteiger partial charge in [-0.05, 0) is 30.1 Å². The van der Waals surface area contributed by atoms with Crippen LogP contribution in [0.2, 0.25) is 0 Å². The molecule has 6 nitrogen and oxygen atoms in total. The summed E-state index contributed by atoms with van der Waals surface area (Å²) in [4.78, 5) is 0. The molecular formula is C22H26BN3O3. The van der Waals surface area contributed by atoms with Crippen molar-refractivity contribution in [2.45, 2.75) is 27.3 Å². The van der Waals surface area contributed by atoms with Gasteiger partial charge in [0, 0.05) is 24.2 Å². The SMILES string of the molecule is COc1ccc(Cn2c(C)nnc2-c2ccc(B3OCC(C)(C)CO3)cc2)cc1. The molecule has 0 amide bonds. The van der Waals surface area contributed by atoms with E-state index < -0.39 is 0 Å². The number of aryl methyl sites for hydroxylation is 1. The van der Waals surface area contributed by atoms with Crippen molar-refractivity contribution in [2.24, 2.45) is 5.41 Å². The molecule has 4 rings (SSSR count). The highest BCUT2D eigenvalue weighted by Crippen LogP contribution is 2.23. The van der Waals surface area contributed by atoms with Gasteiger partial charge in [0.1, 0.15) is 11.6 Å². The van der Waals surface area contributed by atoms with Crippen molar-refractivity contribution in [2.75, 3.05) is 20.3 Å². The zero-order chi connectivity index (χ0) is 20.4. The van der Waals surface area contributed by atoms with Gasteiger partial charge < -0.3 is 18.6 Å². The second-order valence-electron chi connectivity index (χ2n) is 8.25. The van der Waals surface area contributed by atoms with Crippen molar-refractivity contribution in [3.8, 4) is 17.1 Å². The second-order valence-corrected chi connectivity index (χ2v) is 8.25. The van der Waals surface area contributed by atoms with E-state index in [2.05, 4.69) is 52.9 Å². The van der Waals surface area contributed by atoms with Gasteiger partial charge in [-0.2, -0.15) is 0 Å². The summed E-state index contributed by atoms with van der Waals surface area (Å²) < 4.78 is 19.1. The Bertz CT molecular complexity index is 958. The first-order chi connectivity index (χ1) is 13.9. The molecule has 0 unspecified atom stereocenters. The lowest BCUT2D eigenvalue weighted by molar-refractivity contribution is 0.0343. The average Bonchev–Trinajstić information content (AvgIpc) is 3.09. The van der Waals surface area contributed by atoms with E-state index in [0.29, 0.717) is 19.8 Å². The number of rotatable bonds is 5. The first-order valence-electron chi connectivity index (χ1n) is 9.81. The highest BCUT2D eigenvalue weighted by molar-refractivity contribution is 6.61. The molecule has 1 aliphatic rings. The largest absolute Gasteiger partial charge is 0.497 e. The normalized spacial score (nSPS) is 16.1. The Balaban J connectivity index is 1.53. The smallest absolute Gasteiger partial charge is 0.493 e. The first-order valence-corrected chi connectivity index (χ1v) is 9.81. The summed E-state index contributed by atoms with van der Waals surface area (Å²) in [7, 11) is 1.36. The van der Waals surface area contributed by atoms with Crippen molar-refractivity contribution >= 4 is 12.6 Å². The van der Waals surface area contributed by atoms with Crippen molar-refractivity contribution in [1.29, 1.82) is 0 Å². The lowest BCUT2D eigenvalue weighted by atomic mass is 9.75. The second kappa shape index (κ2) is 8.01. The quantitative estimate of drug-likeness (QED) is 0.626. The summed E-state index contributed by atoms with van der Waals surface area (Å²) in [6.45, 7) is 8.34. The minimum Gasteiger partial charge on any atom is -0.497 e. The van der Waals surface area contributed by atoms with Crippen LogP contribution < -0.4 is 10.2 Å². The Morgan fingerprint density at radius 2 is 1.66 bits per heavy atom. The van der Waals surface area contributed by atoms with Gasteiger partial charge >= 0.3 is 7.12 Å². The van der Waals surface area contributed by atoms with Gasteiger partial charge in [-0.25, -0.2) is 0 Å². The third-order valence-electron chi connectivity index (χ3n) is 5.13. The maximum atomic E-state index is 5.88. The molecule has 1 saturated heterocycles. The Morgan fingerprint density at radius 1 is 1.00 bits per heavy atom. The molecule has 0 aliphatic carbocycles. The third kappa shape index (κ3) is 4.36. The molecule has 1 aromatic heterocycles. The fraction of sp³-hybridized carbons (Fsp3) is 0.364. The molecule has 0 bridgehead atoms. The van der Waals surface area contributed by atoms with Crippen LogP contribution in [0.25, 0.3) is 11.4 Å². The zero-order valence-corrected chi connectivity index (χ0v) is 17.4. The summed E-state index contributed by atoms with van der Waals surface area (Å²) >= 11 is 0. The minimum absolute atomic E-state index is 0.0614. The molecule has 150 valence electrons. The number of hydrogen-bond donors (Lipinski definition) is 0. The number of aromatic nitrogens is 3. The molecule has 0 N–H and O–H groups in total. The van der Waals surface area contributed by atoms with Crippen molar-refractivity contribution in [3.63, 3.8) is 0 Å². The van der Waals surface area contributed by atoms with E-state index in [1.54, 1.807) is 7.11 Å². The van der Waals surface area contributed by atoms with Crippen LogP contribution in [0.1, 0.15) is 25.2 Å². The van der Waals surface area contributed by atoms with Crippen molar-refractivity contribution in [3.05, 3.63) is 59.9 Å². The van der Waals surface area contributed by atoms with Crippen LogP contribution in [-0.2, 0) is 15.9 Å². The van der Waals surface area contributed by atoms with Crippen molar-refractivity contribution in [1.82, 2.24) is 14.8 Å². The van der Waals surface area contributed by atoms with E-state index in [-0.39, 0.29) is 12.5 Å². The standard InChI is InChI=1S/C22H26BN3O3/c1-16-24-25-21(26(16)13-17-5-11-20(27-4)12-6-17)18-7-9-19(10-8-18)23-28-14-22(2,3)15-29-23/h5-12H,13-15H2,1-4H3. The maximum Gasteiger partial charge on any atom is 0.493 e. The minimum atomic E-state index is -0.309. The highest BCUT2D eigenvalue weighted by Gasteiger charge is 2.33. The number of benzene rings is 2. The van der Waals surface area contributed by atoms with Gasteiger partial charge in [0.2, 0.25) is 0 Å². The summed E-state index contributed by atoms with van der Waals surface area (Å²) in [5.41, 5.74) is 3.26. The lowest BCUT2D eigenvalue weighted by Crippen LogP contribution is -2.47. The predicted octanol–water partition coefficient (Wildman–Crippen LogP) is 3.08. The van der Waals surface area contributed by atoms with Gasteiger partial charge in [-0.1, -0.05) is 50.2 Å². The Hall–Kier alpha value is -2.64. The van der Waals surface area contributed by atoms with Crippen LogP contribution in [0.4, 0.5) is 0 Å². The van der Waals surface area contributed by atoms with E-state index in [9.17, 15) is 0 Å². The van der Waals surface area contributed by atoms with Crippen LogP contribution in [0.5, 0.6) is 5.75 Å². The van der Waals surface area contributed by atoms with Crippen molar-refractivity contribution < 1.29 is 14.0 Å². The van der Waals surface area contributed by atoms with Gasteiger partial charge in [-0.15, -0.1) is 10.2 Å². The maximum absolute atomic E-state index is 5.88. The average molecular weight is 391 g/mol. The van der Waals surface area contributed by atoms with E-state index in [1.165, 1.54) is 0 Å². The number of methoxy groups -OCH3 is 1. The molecule has 1 fully saturated rings. The fourth-order valence-electron chi connectivity index (χ4n) is 3.37. The molecule has 0 spiro atoms. The summed E-state index contributed by atoms with van der Waals surface area (Å²) in [5, 5.41) is 8.69. The molecule has 7 heteroatoms. The zero-order valence-electron chi connectivity index (χ0n) is 17.4. The monoisotopic (exact) mass is 391 g/mol. The molecule has 29 heavy (non-hydrogen) atoms. The third-order valence-corrected chi connectivity index (χ3v) is 5.13. The molecule has 1 aliphatic heterocycles. The van der Waals surface area contributed by atoms with Gasteiger partial charge in [-0.3, -0.25) is 0 Å². The molecule has 2 aromatic carbocycles. The van der Waals surface area contributed by atoms with Crippen LogP contribution in [0, 0.1) is 12.3 Å². The number of ether oxygens (including phenoxy) is 1. The van der Waals surface area contributed by atoms with Crippen LogP contribution in [0.15, 0.2) is 48.5 Å². The van der Waals surface area contributed by atoms with Crippen LogP contribution >= 0.6 is 0 Å². The van der Waals surface area contributed by atoms with E-state index in [4.69, 9.17) is 14.0 Å². The molecule has 3 aromatic rings. The van der Waals surface area contributed by atoms with Crippen LogP contribution in [0.3, 0.4) is 0 Å². The highest BCUT2D eigenvalue weighted by atomic mass is 16.6. The van der Waals surface area contributed by atoms with Gasteiger partial charge in [0.25, 0.3) is 0 Å². The topological polar surface area (TPSA) is 58.4 Å². The Kier molecular flexibility index (Phi) is 5.43. The van der Waals surface area contributed by atoms with Gasteiger partial charge in [0.05, 0.1) is 13.7 Å². The predicted molar refractivity (Wildman–Crippen MR) is 113 cm³/mol. The Morgan fingerprint density at radius 3 is 2.28 bits per heavy atom. The van der Waals surface area contributed by atoms with E-state index in [0.717, 1.165) is 34.0 Å². The van der Waals surface area contributed by atoms with E-state index >= 15 is 0 Å². The lowest BCUT2D eigenvalue weighted by Gasteiger charge is -2.33. The summed E-state index contributed by atoms with van der Waals surface area (Å²) in [5.74, 6) is 2.57.